The number of rotatable bonds is 8. The molecule has 0 fully saturated rings. The van der Waals surface area contributed by atoms with Crippen LogP contribution in [0, 0.1) is 0 Å². The zero-order chi connectivity index (χ0) is 23.0. The summed E-state index contributed by atoms with van der Waals surface area (Å²) in [6, 6.07) is 12.0. The molecule has 3 amide bonds. The smallest absolute Gasteiger partial charge is 0.408 e. The van der Waals surface area contributed by atoms with Crippen LogP contribution in [0.3, 0.4) is 0 Å². The maximum Gasteiger partial charge on any atom is 0.408 e. The van der Waals surface area contributed by atoms with Crippen molar-refractivity contribution in [2.24, 2.45) is 0 Å². The van der Waals surface area contributed by atoms with Gasteiger partial charge in [-0.05, 0) is 44.0 Å². The van der Waals surface area contributed by atoms with Gasteiger partial charge in [0.1, 0.15) is 17.7 Å². The predicted molar refractivity (Wildman–Crippen MR) is 118 cm³/mol. The first kappa shape index (κ1) is 24.1. The van der Waals surface area contributed by atoms with Gasteiger partial charge in [-0.1, -0.05) is 42.5 Å². The van der Waals surface area contributed by atoms with E-state index in [-0.39, 0.29) is 12.5 Å². The second kappa shape index (κ2) is 10.8. The summed E-state index contributed by atoms with van der Waals surface area (Å²) in [5, 5.41) is 10.1. The average molecular weight is 430 g/mol. The van der Waals surface area contributed by atoms with Crippen molar-refractivity contribution < 1.29 is 23.9 Å². The Bertz CT molecular complexity index is 918. The number of ether oxygens (including phenoxy) is 2. The normalized spacial score (nSPS) is 13.2. The van der Waals surface area contributed by atoms with Crippen LogP contribution < -0.4 is 16.0 Å². The molecule has 0 aliphatic carbocycles. The van der Waals surface area contributed by atoms with E-state index in [4.69, 9.17) is 9.47 Å². The summed E-state index contributed by atoms with van der Waals surface area (Å²) >= 11 is 0. The molecule has 8 nitrogen and oxygen atoms in total. The van der Waals surface area contributed by atoms with Crippen molar-refractivity contribution in [1.29, 1.82) is 0 Å². The number of benzene rings is 2. The number of fused-ring (bicyclic) bond motifs is 1. The fourth-order valence-corrected chi connectivity index (χ4v) is 2.96. The van der Waals surface area contributed by atoms with E-state index in [1.807, 2.05) is 42.5 Å². The molecule has 0 aromatic heterocycles. The topological polar surface area (TPSA) is 106 Å². The lowest BCUT2D eigenvalue weighted by Crippen LogP contribution is -2.54. The highest BCUT2D eigenvalue weighted by Gasteiger charge is 2.26. The summed E-state index contributed by atoms with van der Waals surface area (Å²) in [4.78, 5) is 37.1. The second-order valence-corrected chi connectivity index (χ2v) is 8.24. The minimum absolute atomic E-state index is 0.0601. The van der Waals surface area contributed by atoms with Crippen molar-refractivity contribution >= 4 is 28.7 Å². The number of hydrogen-bond acceptors (Lipinski definition) is 5. The lowest BCUT2D eigenvalue weighted by atomic mass is 10.0. The first-order valence-corrected chi connectivity index (χ1v) is 10.1. The Morgan fingerprint density at radius 2 is 1.65 bits per heavy atom. The van der Waals surface area contributed by atoms with Gasteiger partial charge in [-0.15, -0.1) is 0 Å². The Morgan fingerprint density at radius 3 is 2.32 bits per heavy atom. The van der Waals surface area contributed by atoms with E-state index >= 15 is 0 Å². The van der Waals surface area contributed by atoms with Crippen LogP contribution in [0.25, 0.3) is 10.8 Å². The largest absolute Gasteiger partial charge is 0.444 e. The van der Waals surface area contributed by atoms with Gasteiger partial charge in [0.05, 0.1) is 6.61 Å². The molecule has 1 unspecified atom stereocenters. The van der Waals surface area contributed by atoms with Crippen LogP contribution in [-0.2, 0) is 25.6 Å². The molecule has 3 N–H and O–H groups in total. The van der Waals surface area contributed by atoms with E-state index in [0.29, 0.717) is 6.54 Å². The fourth-order valence-electron chi connectivity index (χ4n) is 2.96. The molecule has 31 heavy (non-hydrogen) atoms. The van der Waals surface area contributed by atoms with Gasteiger partial charge in [0.25, 0.3) is 0 Å². The van der Waals surface area contributed by atoms with E-state index in [0.717, 1.165) is 16.3 Å². The van der Waals surface area contributed by atoms with Crippen molar-refractivity contribution in [2.45, 2.75) is 51.9 Å². The molecule has 0 radical (unpaired) electrons. The molecule has 0 spiro atoms. The molecule has 2 aromatic rings. The molecular weight excluding hydrogens is 398 g/mol. The van der Waals surface area contributed by atoms with Crippen molar-refractivity contribution in [2.75, 3.05) is 13.7 Å². The maximum absolute atomic E-state index is 12.6. The summed E-state index contributed by atoms with van der Waals surface area (Å²) in [7, 11) is 1.41. The molecular formula is C23H31N3O5. The summed E-state index contributed by atoms with van der Waals surface area (Å²) in [6.07, 6.45) is -0.738. The lowest BCUT2D eigenvalue weighted by molar-refractivity contribution is -0.130. The molecule has 0 heterocycles. The van der Waals surface area contributed by atoms with Gasteiger partial charge in [-0.25, -0.2) is 4.79 Å². The van der Waals surface area contributed by atoms with Gasteiger partial charge >= 0.3 is 6.09 Å². The molecule has 0 aliphatic rings. The summed E-state index contributed by atoms with van der Waals surface area (Å²) in [5.41, 5.74) is 0.279. The molecule has 8 heteroatoms. The highest BCUT2D eigenvalue weighted by Crippen LogP contribution is 2.18. The quantitative estimate of drug-likeness (QED) is 0.598. The maximum atomic E-state index is 12.6. The zero-order valence-corrected chi connectivity index (χ0v) is 18.7. The van der Waals surface area contributed by atoms with Crippen molar-refractivity contribution in [1.82, 2.24) is 16.0 Å². The average Bonchev–Trinajstić information content (AvgIpc) is 2.70. The Morgan fingerprint density at radius 1 is 0.968 bits per heavy atom. The number of alkyl carbamates (subject to hydrolysis) is 1. The van der Waals surface area contributed by atoms with E-state index in [1.165, 1.54) is 7.11 Å². The Kier molecular flexibility index (Phi) is 8.38. The number of carbonyl (C=O) groups is 3. The number of hydrogen-bond donors (Lipinski definition) is 3. The fraction of sp³-hybridized carbons (Fsp3) is 0.435. The third-order valence-corrected chi connectivity index (χ3v) is 4.43. The third kappa shape index (κ3) is 7.57. The van der Waals surface area contributed by atoms with Crippen molar-refractivity contribution in [3.05, 3.63) is 48.0 Å². The highest BCUT2D eigenvalue weighted by molar-refractivity contribution is 5.91. The molecule has 0 bridgehead atoms. The van der Waals surface area contributed by atoms with Crippen molar-refractivity contribution in [3.63, 3.8) is 0 Å². The minimum atomic E-state index is -0.992. The summed E-state index contributed by atoms with van der Waals surface area (Å²) in [6.45, 7) is 7.02. The molecule has 2 atom stereocenters. The Hall–Kier alpha value is -3.13. The Balaban J connectivity index is 1.93. The zero-order valence-electron chi connectivity index (χ0n) is 18.7. The first-order chi connectivity index (χ1) is 14.6. The molecule has 2 aromatic carbocycles. The monoisotopic (exact) mass is 429 g/mol. The first-order valence-electron chi connectivity index (χ1n) is 10.1. The van der Waals surface area contributed by atoms with Crippen LogP contribution in [0.2, 0.25) is 0 Å². The second-order valence-electron chi connectivity index (χ2n) is 8.24. The number of carbonyl (C=O) groups excluding carboxylic acids is 3. The summed E-state index contributed by atoms with van der Waals surface area (Å²) in [5.74, 6) is -0.879. The van der Waals surface area contributed by atoms with Gasteiger partial charge in [-0.3, -0.25) is 9.59 Å². The molecule has 0 saturated carbocycles. The molecule has 0 aliphatic heterocycles. The van der Waals surface area contributed by atoms with E-state index in [9.17, 15) is 14.4 Å². The third-order valence-electron chi connectivity index (χ3n) is 4.43. The predicted octanol–water partition coefficient (Wildman–Crippen LogP) is 2.50. The van der Waals surface area contributed by atoms with Crippen LogP contribution >= 0.6 is 0 Å². The van der Waals surface area contributed by atoms with Crippen LogP contribution in [0.5, 0.6) is 0 Å². The number of methoxy groups -OCH3 is 1. The molecule has 168 valence electrons. The van der Waals surface area contributed by atoms with Gasteiger partial charge in [0.2, 0.25) is 11.8 Å². The minimum Gasteiger partial charge on any atom is -0.444 e. The van der Waals surface area contributed by atoms with Crippen LogP contribution in [0.4, 0.5) is 4.79 Å². The lowest BCUT2D eigenvalue weighted by Gasteiger charge is -2.24. The number of amides is 3. The number of nitrogens with one attached hydrogen (secondary N) is 3. The van der Waals surface area contributed by atoms with Crippen LogP contribution in [0.15, 0.2) is 42.5 Å². The van der Waals surface area contributed by atoms with Crippen molar-refractivity contribution in [3.8, 4) is 0 Å². The van der Waals surface area contributed by atoms with Gasteiger partial charge in [0.15, 0.2) is 0 Å². The van der Waals surface area contributed by atoms with E-state index in [2.05, 4.69) is 16.0 Å². The van der Waals surface area contributed by atoms with Gasteiger partial charge < -0.3 is 25.4 Å². The van der Waals surface area contributed by atoms with E-state index in [1.54, 1.807) is 27.7 Å². The SMILES string of the molecule is COCC(NC(=O)OC(C)(C)C)C(=O)N[C@@H](C)C(=O)NCc1cccc2ccccc12. The van der Waals surface area contributed by atoms with Gasteiger partial charge in [0, 0.05) is 13.7 Å². The van der Waals surface area contributed by atoms with Crippen LogP contribution in [-0.4, -0.2) is 49.3 Å². The summed E-state index contributed by atoms with van der Waals surface area (Å²) < 4.78 is 10.2. The molecule has 2 rings (SSSR count). The van der Waals surface area contributed by atoms with Crippen LogP contribution in [0.1, 0.15) is 33.3 Å². The van der Waals surface area contributed by atoms with E-state index < -0.39 is 29.7 Å². The highest BCUT2D eigenvalue weighted by atomic mass is 16.6. The Labute approximate surface area is 182 Å². The molecule has 0 saturated heterocycles. The standard InChI is InChI=1S/C23H31N3O5/c1-15(25-21(28)19(14-30-5)26-22(29)31-23(2,3)4)20(27)24-13-17-11-8-10-16-9-6-7-12-18(16)17/h6-12,15,19H,13-14H2,1-5H3,(H,24,27)(H,25,28)(H,26,29)/t15-,19?/m0/s1. The van der Waals surface area contributed by atoms with Gasteiger partial charge in [-0.2, -0.15) is 0 Å².